The van der Waals surface area contributed by atoms with E-state index in [0.29, 0.717) is 0 Å². The van der Waals surface area contributed by atoms with E-state index >= 15 is 0 Å². The molecular weight excluding hydrogens is 302 g/mol. The monoisotopic (exact) mass is 331 g/mol. The molecule has 2 aromatic rings. The van der Waals surface area contributed by atoms with Crippen molar-refractivity contribution < 1.29 is 14.3 Å². The first-order valence-corrected chi connectivity index (χ1v) is 8.84. The van der Waals surface area contributed by atoms with Gasteiger partial charge in [0.15, 0.2) is 0 Å². The van der Waals surface area contributed by atoms with Gasteiger partial charge in [0.05, 0.1) is 12.6 Å². The summed E-state index contributed by atoms with van der Waals surface area (Å²) in [5, 5.41) is 14.7. The smallest absolute Gasteiger partial charge is 0.134 e. The number of ether oxygens (including phenoxy) is 1. The number of aliphatic hydroxyl groups is 1. The number of para-hydroxylation sites is 1. The fraction of sp³-hybridized carbons (Fsp3) is 0.600. The zero-order valence-corrected chi connectivity index (χ0v) is 15.0. The van der Waals surface area contributed by atoms with Crippen molar-refractivity contribution >= 4 is 11.0 Å². The topological polar surface area (TPSA) is 54.6 Å². The van der Waals surface area contributed by atoms with E-state index in [-0.39, 0.29) is 23.5 Å². The highest BCUT2D eigenvalue weighted by molar-refractivity contribution is 5.77. The number of fused-ring (bicyclic) bond motifs is 1. The molecule has 0 saturated carbocycles. The van der Waals surface area contributed by atoms with Crippen LogP contribution < -0.4 is 5.32 Å². The second-order valence-corrected chi connectivity index (χ2v) is 8.14. The fourth-order valence-corrected chi connectivity index (χ4v) is 3.49. The summed E-state index contributed by atoms with van der Waals surface area (Å²) in [5.74, 6) is 0.962. The van der Waals surface area contributed by atoms with E-state index in [4.69, 9.17) is 9.15 Å². The summed E-state index contributed by atoms with van der Waals surface area (Å²) >= 11 is 0. The van der Waals surface area contributed by atoms with Gasteiger partial charge >= 0.3 is 0 Å². The Morgan fingerprint density at radius 2 is 1.92 bits per heavy atom. The molecule has 1 aromatic heterocycles. The van der Waals surface area contributed by atoms with Crippen LogP contribution in [0, 0.1) is 10.8 Å². The van der Waals surface area contributed by atoms with Crippen LogP contribution in [0.2, 0.25) is 0 Å². The predicted octanol–water partition coefficient (Wildman–Crippen LogP) is 3.90. The summed E-state index contributed by atoms with van der Waals surface area (Å²) < 4.78 is 11.6. The van der Waals surface area contributed by atoms with Gasteiger partial charge in [-0.05, 0) is 30.4 Å². The molecule has 132 valence electrons. The maximum Gasteiger partial charge on any atom is 0.134 e. The molecule has 4 heteroatoms. The third-order valence-corrected chi connectivity index (χ3v) is 5.17. The van der Waals surface area contributed by atoms with Crippen LogP contribution in [0.3, 0.4) is 0 Å². The van der Waals surface area contributed by atoms with E-state index in [1.165, 1.54) is 0 Å². The van der Waals surface area contributed by atoms with Crippen LogP contribution in [-0.2, 0) is 4.74 Å². The van der Waals surface area contributed by atoms with Crippen LogP contribution in [0.4, 0.5) is 0 Å². The zero-order valence-electron chi connectivity index (χ0n) is 15.0. The Bertz CT molecular complexity index is 632. The first-order chi connectivity index (χ1) is 11.4. The van der Waals surface area contributed by atoms with Crippen molar-refractivity contribution in [1.29, 1.82) is 0 Å². The van der Waals surface area contributed by atoms with Gasteiger partial charge in [0.1, 0.15) is 11.3 Å². The van der Waals surface area contributed by atoms with E-state index in [1.807, 2.05) is 18.2 Å². The molecule has 1 atom stereocenters. The van der Waals surface area contributed by atoms with Gasteiger partial charge in [-0.15, -0.1) is 0 Å². The molecule has 1 unspecified atom stereocenters. The minimum Gasteiger partial charge on any atom is -0.459 e. The van der Waals surface area contributed by atoms with Crippen LogP contribution in [0.15, 0.2) is 34.7 Å². The van der Waals surface area contributed by atoms with Gasteiger partial charge < -0.3 is 19.6 Å². The highest BCUT2D eigenvalue weighted by Gasteiger charge is 2.35. The first-order valence-electron chi connectivity index (χ1n) is 8.84. The third-order valence-electron chi connectivity index (χ3n) is 5.17. The summed E-state index contributed by atoms with van der Waals surface area (Å²) in [6, 6.07) is 10.3. The van der Waals surface area contributed by atoms with Crippen molar-refractivity contribution in [1.82, 2.24) is 5.32 Å². The molecule has 24 heavy (non-hydrogen) atoms. The van der Waals surface area contributed by atoms with Gasteiger partial charge in [0.2, 0.25) is 0 Å². The summed E-state index contributed by atoms with van der Waals surface area (Å²) in [7, 11) is 0. The predicted molar refractivity (Wildman–Crippen MR) is 96.0 cm³/mol. The molecule has 0 aliphatic carbocycles. The van der Waals surface area contributed by atoms with Crippen LogP contribution in [0.25, 0.3) is 11.0 Å². The maximum atomic E-state index is 9.92. The molecule has 0 radical (unpaired) electrons. The lowest BCUT2D eigenvalue weighted by Gasteiger charge is -2.39. The Kier molecular flexibility index (Phi) is 5.00. The average Bonchev–Trinajstić information content (AvgIpc) is 2.98. The molecule has 1 aromatic carbocycles. The van der Waals surface area contributed by atoms with Gasteiger partial charge in [-0.3, -0.25) is 0 Å². The van der Waals surface area contributed by atoms with Gasteiger partial charge in [0.25, 0.3) is 0 Å². The number of benzene rings is 1. The summed E-state index contributed by atoms with van der Waals surface area (Å²) in [6.07, 6.45) is 1.79. The molecule has 2 heterocycles. The van der Waals surface area contributed by atoms with E-state index in [9.17, 15) is 5.11 Å². The summed E-state index contributed by atoms with van der Waals surface area (Å²) in [4.78, 5) is 0. The summed E-state index contributed by atoms with van der Waals surface area (Å²) in [6.45, 7) is 9.07. The zero-order chi connectivity index (χ0) is 17.2. The van der Waals surface area contributed by atoms with E-state index in [0.717, 1.165) is 49.3 Å². The van der Waals surface area contributed by atoms with Crippen molar-refractivity contribution in [3.05, 3.63) is 36.1 Å². The number of rotatable bonds is 5. The number of aliphatic hydroxyl groups excluding tert-OH is 1. The average molecular weight is 331 g/mol. The van der Waals surface area contributed by atoms with E-state index in [2.05, 4.69) is 38.2 Å². The van der Waals surface area contributed by atoms with Crippen molar-refractivity contribution in [2.75, 3.05) is 26.4 Å². The molecule has 4 nitrogen and oxygen atoms in total. The molecule has 1 aliphatic rings. The number of hydrogen-bond acceptors (Lipinski definition) is 4. The minimum atomic E-state index is -0.0895. The van der Waals surface area contributed by atoms with Crippen LogP contribution >= 0.6 is 0 Å². The fourth-order valence-electron chi connectivity index (χ4n) is 3.49. The molecule has 1 aliphatic heterocycles. The molecular formula is C20H29NO3. The van der Waals surface area contributed by atoms with Crippen molar-refractivity contribution in [2.24, 2.45) is 10.8 Å². The molecule has 1 saturated heterocycles. The number of hydrogen-bond donors (Lipinski definition) is 2. The molecule has 1 fully saturated rings. The summed E-state index contributed by atoms with van der Waals surface area (Å²) in [5.41, 5.74) is 0.843. The number of nitrogens with one attached hydrogen (secondary N) is 1. The molecule has 3 rings (SSSR count). The van der Waals surface area contributed by atoms with Gasteiger partial charge in [-0.25, -0.2) is 0 Å². The Morgan fingerprint density at radius 1 is 1.21 bits per heavy atom. The SMILES string of the molecule is CC(C)(C)C(NCC1(CO)CCOCC1)c1cc2ccccc2o1. The van der Waals surface area contributed by atoms with Crippen molar-refractivity contribution in [3.8, 4) is 0 Å². The lowest BCUT2D eigenvalue weighted by molar-refractivity contribution is -0.0188. The van der Waals surface area contributed by atoms with Gasteiger partial charge in [-0.2, -0.15) is 0 Å². The second-order valence-electron chi connectivity index (χ2n) is 8.14. The second kappa shape index (κ2) is 6.87. The quantitative estimate of drug-likeness (QED) is 0.872. The third kappa shape index (κ3) is 3.66. The Hall–Kier alpha value is -1.36. The maximum absolute atomic E-state index is 9.92. The van der Waals surface area contributed by atoms with Crippen LogP contribution in [0.5, 0.6) is 0 Å². The van der Waals surface area contributed by atoms with Gasteiger partial charge in [-0.1, -0.05) is 39.0 Å². The van der Waals surface area contributed by atoms with E-state index in [1.54, 1.807) is 0 Å². The Balaban J connectivity index is 1.82. The van der Waals surface area contributed by atoms with Crippen molar-refractivity contribution in [2.45, 2.75) is 39.7 Å². The van der Waals surface area contributed by atoms with Crippen LogP contribution in [0.1, 0.15) is 45.4 Å². The molecule has 0 amide bonds. The standard InChI is InChI=1S/C20H29NO3/c1-19(2,3)18(17-12-15-6-4-5-7-16(15)24-17)21-13-20(14-22)8-10-23-11-9-20/h4-7,12,18,21-22H,8-11,13-14H2,1-3H3. The Labute approximate surface area is 144 Å². The highest BCUT2D eigenvalue weighted by atomic mass is 16.5. The van der Waals surface area contributed by atoms with Gasteiger partial charge in [0, 0.05) is 30.6 Å². The Morgan fingerprint density at radius 3 is 2.54 bits per heavy atom. The highest BCUT2D eigenvalue weighted by Crippen LogP contribution is 2.37. The normalized spacial score (nSPS) is 19.5. The molecule has 2 N–H and O–H groups in total. The molecule has 0 spiro atoms. The lowest BCUT2D eigenvalue weighted by Crippen LogP contribution is -2.45. The number of furan rings is 1. The lowest BCUT2D eigenvalue weighted by atomic mass is 9.79. The molecule has 0 bridgehead atoms. The van der Waals surface area contributed by atoms with Crippen LogP contribution in [-0.4, -0.2) is 31.5 Å². The van der Waals surface area contributed by atoms with Crippen molar-refractivity contribution in [3.63, 3.8) is 0 Å². The van der Waals surface area contributed by atoms with E-state index < -0.39 is 0 Å². The first kappa shape index (κ1) is 17.5. The minimum absolute atomic E-state index is 0.00961. The largest absolute Gasteiger partial charge is 0.459 e.